The van der Waals surface area contributed by atoms with Gasteiger partial charge in [0.1, 0.15) is 0 Å². The molecule has 2 aromatic carbocycles. The Morgan fingerprint density at radius 3 is 2.31 bits per heavy atom. The zero-order valence-corrected chi connectivity index (χ0v) is 21.0. The second-order valence-electron chi connectivity index (χ2n) is 7.67. The van der Waals surface area contributed by atoms with Gasteiger partial charge in [-0.1, -0.05) is 41.7 Å². The average Bonchev–Trinajstić information content (AvgIpc) is 3.17. The summed E-state index contributed by atoms with van der Waals surface area (Å²) in [7, 11) is 4.61. The lowest BCUT2D eigenvalue weighted by Gasteiger charge is -2.24. The van der Waals surface area contributed by atoms with Gasteiger partial charge in [0.15, 0.2) is 16.3 Å². The van der Waals surface area contributed by atoms with Gasteiger partial charge in [-0.2, -0.15) is 0 Å². The fraction of sp³-hybridized carbons (Fsp3) is 0.269. The van der Waals surface area contributed by atoms with Crippen molar-refractivity contribution in [3.05, 3.63) is 84.5 Å². The van der Waals surface area contributed by atoms with Gasteiger partial charge in [-0.25, -0.2) is 9.79 Å². The predicted octanol–water partition coefficient (Wildman–Crippen LogP) is 2.82. The van der Waals surface area contributed by atoms with Crippen molar-refractivity contribution >= 4 is 23.4 Å². The van der Waals surface area contributed by atoms with Gasteiger partial charge in [0, 0.05) is 0 Å². The van der Waals surface area contributed by atoms with Gasteiger partial charge in [0.05, 0.1) is 49.8 Å². The van der Waals surface area contributed by atoms with Crippen molar-refractivity contribution in [2.45, 2.75) is 19.9 Å². The largest absolute Gasteiger partial charge is 0.493 e. The van der Waals surface area contributed by atoms with Gasteiger partial charge in [0.2, 0.25) is 5.75 Å². The molecule has 0 fully saturated rings. The van der Waals surface area contributed by atoms with Crippen LogP contribution < -0.4 is 29.1 Å². The molecule has 1 atom stereocenters. The molecular formula is C26H26N2O6S. The molecule has 0 N–H and O–H groups in total. The van der Waals surface area contributed by atoms with E-state index >= 15 is 0 Å². The summed E-state index contributed by atoms with van der Waals surface area (Å²) in [6.07, 6.45) is 1.75. The highest BCUT2D eigenvalue weighted by atomic mass is 32.1. The highest BCUT2D eigenvalue weighted by Crippen LogP contribution is 2.38. The average molecular weight is 495 g/mol. The van der Waals surface area contributed by atoms with E-state index < -0.39 is 12.0 Å². The molecule has 35 heavy (non-hydrogen) atoms. The lowest BCUT2D eigenvalue weighted by molar-refractivity contribution is -0.139. The van der Waals surface area contributed by atoms with Crippen molar-refractivity contribution in [3.63, 3.8) is 0 Å². The van der Waals surface area contributed by atoms with E-state index in [1.807, 2.05) is 30.3 Å². The van der Waals surface area contributed by atoms with Crippen LogP contribution in [-0.2, 0) is 9.53 Å². The minimum atomic E-state index is -0.645. The van der Waals surface area contributed by atoms with Crippen LogP contribution in [0.15, 0.2) is 63.5 Å². The van der Waals surface area contributed by atoms with Gasteiger partial charge in [-0.3, -0.25) is 9.36 Å². The zero-order valence-electron chi connectivity index (χ0n) is 20.2. The van der Waals surface area contributed by atoms with Crippen molar-refractivity contribution in [3.8, 4) is 17.2 Å². The molecule has 0 unspecified atom stereocenters. The van der Waals surface area contributed by atoms with Crippen LogP contribution in [-0.4, -0.2) is 38.5 Å². The van der Waals surface area contributed by atoms with Crippen LogP contribution in [0.2, 0.25) is 0 Å². The molecule has 1 aliphatic rings. The van der Waals surface area contributed by atoms with Crippen LogP contribution in [0.1, 0.15) is 31.0 Å². The first-order valence-corrected chi connectivity index (χ1v) is 11.8. The first-order valence-electron chi connectivity index (χ1n) is 11.0. The Kier molecular flexibility index (Phi) is 7.07. The number of carbonyl (C=O) groups is 1. The SMILES string of the molecule is CCOC(=O)C1=C(C)N=c2s/c(=C\c3cc(OC)c(OC)c(OC)c3)c(=O)n2[C@@H]1c1ccccc1. The summed E-state index contributed by atoms with van der Waals surface area (Å²) in [6, 6.07) is 12.3. The van der Waals surface area contributed by atoms with E-state index in [1.54, 1.807) is 36.6 Å². The van der Waals surface area contributed by atoms with E-state index in [-0.39, 0.29) is 12.2 Å². The second-order valence-corrected chi connectivity index (χ2v) is 8.68. The van der Waals surface area contributed by atoms with Gasteiger partial charge in [-0.05, 0) is 43.2 Å². The number of esters is 1. The van der Waals surface area contributed by atoms with Crippen LogP contribution >= 0.6 is 11.3 Å². The van der Waals surface area contributed by atoms with E-state index in [2.05, 4.69) is 4.99 Å². The third-order valence-electron chi connectivity index (χ3n) is 5.62. The maximum atomic E-state index is 13.7. The Labute approximate surface area is 206 Å². The number of fused-ring (bicyclic) bond motifs is 1. The number of methoxy groups -OCH3 is 3. The van der Waals surface area contributed by atoms with Crippen LogP contribution in [0.3, 0.4) is 0 Å². The van der Waals surface area contributed by atoms with E-state index in [1.165, 1.54) is 32.7 Å². The number of carbonyl (C=O) groups excluding carboxylic acids is 1. The number of benzene rings is 2. The molecule has 0 aliphatic carbocycles. The Bertz CT molecular complexity index is 1440. The molecule has 0 amide bonds. The second kappa shape index (κ2) is 10.2. The quantitative estimate of drug-likeness (QED) is 0.470. The number of hydrogen-bond acceptors (Lipinski definition) is 8. The minimum Gasteiger partial charge on any atom is -0.493 e. The molecule has 3 aromatic rings. The van der Waals surface area contributed by atoms with Crippen molar-refractivity contribution in [2.24, 2.45) is 4.99 Å². The lowest BCUT2D eigenvalue weighted by Crippen LogP contribution is -2.39. The van der Waals surface area contributed by atoms with E-state index in [4.69, 9.17) is 18.9 Å². The third kappa shape index (κ3) is 4.46. The Morgan fingerprint density at radius 1 is 1.09 bits per heavy atom. The number of rotatable bonds is 7. The summed E-state index contributed by atoms with van der Waals surface area (Å²) in [6.45, 7) is 3.74. The first-order chi connectivity index (χ1) is 16.9. The summed E-state index contributed by atoms with van der Waals surface area (Å²) in [5.41, 5.74) is 2.11. The Morgan fingerprint density at radius 2 is 1.74 bits per heavy atom. The molecule has 2 heterocycles. The third-order valence-corrected chi connectivity index (χ3v) is 6.60. The summed E-state index contributed by atoms with van der Waals surface area (Å²) in [5, 5.41) is 0. The van der Waals surface area contributed by atoms with Gasteiger partial charge >= 0.3 is 5.97 Å². The zero-order chi connectivity index (χ0) is 25.1. The number of aromatic nitrogens is 1. The number of hydrogen-bond donors (Lipinski definition) is 0. The molecule has 1 aliphatic heterocycles. The van der Waals surface area contributed by atoms with Gasteiger partial charge < -0.3 is 18.9 Å². The van der Waals surface area contributed by atoms with E-state index in [9.17, 15) is 9.59 Å². The molecule has 9 heteroatoms. The van der Waals surface area contributed by atoms with E-state index in [0.29, 0.717) is 43.4 Å². The van der Waals surface area contributed by atoms with Crippen molar-refractivity contribution in [1.82, 2.24) is 4.57 Å². The van der Waals surface area contributed by atoms with Crippen LogP contribution in [0.5, 0.6) is 17.2 Å². The monoisotopic (exact) mass is 494 g/mol. The summed E-state index contributed by atoms with van der Waals surface area (Å²) >= 11 is 1.25. The lowest BCUT2D eigenvalue weighted by atomic mass is 9.96. The minimum absolute atomic E-state index is 0.225. The van der Waals surface area contributed by atoms with Crippen LogP contribution in [0.4, 0.5) is 0 Å². The maximum absolute atomic E-state index is 13.7. The van der Waals surface area contributed by atoms with Crippen molar-refractivity contribution in [2.75, 3.05) is 27.9 Å². The standard InChI is InChI=1S/C26H26N2O6S/c1-6-34-25(30)21-15(2)27-26-28(22(21)17-10-8-7-9-11-17)24(29)20(35-26)14-16-12-18(31-3)23(33-5)19(13-16)32-4/h7-14,22H,6H2,1-5H3/b20-14-/t22-/m1/s1. The molecule has 0 saturated carbocycles. The fourth-order valence-electron chi connectivity index (χ4n) is 4.08. The summed E-state index contributed by atoms with van der Waals surface area (Å²) < 4.78 is 23.6. The molecule has 0 radical (unpaired) electrons. The Hall–Kier alpha value is -3.85. The first kappa shape index (κ1) is 24.3. The number of ether oxygens (including phenoxy) is 4. The molecular weight excluding hydrogens is 468 g/mol. The molecule has 182 valence electrons. The van der Waals surface area contributed by atoms with E-state index in [0.717, 1.165) is 5.56 Å². The van der Waals surface area contributed by atoms with Gasteiger partial charge in [0.25, 0.3) is 5.56 Å². The van der Waals surface area contributed by atoms with Crippen molar-refractivity contribution < 1.29 is 23.7 Å². The number of allylic oxidation sites excluding steroid dienone is 1. The molecule has 8 nitrogen and oxygen atoms in total. The summed E-state index contributed by atoms with van der Waals surface area (Å²) in [4.78, 5) is 31.7. The van der Waals surface area contributed by atoms with Gasteiger partial charge in [-0.15, -0.1) is 0 Å². The molecule has 1 aromatic heterocycles. The molecule has 0 saturated heterocycles. The van der Waals surface area contributed by atoms with Crippen molar-refractivity contribution in [1.29, 1.82) is 0 Å². The smallest absolute Gasteiger partial charge is 0.338 e. The predicted molar refractivity (Wildman–Crippen MR) is 133 cm³/mol. The van der Waals surface area contributed by atoms with Crippen LogP contribution in [0, 0.1) is 0 Å². The number of nitrogens with zero attached hydrogens (tertiary/aromatic N) is 2. The highest BCUT2D eigenvalue weighted by Gasteiger charge is 2.33. The Balaban J connectivity index is 1.94. The highest BCUT2D eigenvalue weighted by molar-refractivity contribution is 7.07. The number of thiazole rings is 1. The maximum Gasteiger partial charge on any atom is 0.338 e. The fourth-order valence-corrected chi connectivity index (χ4v) is 5.12. The topological polar surface area (TPSA) is 88.4 Å². The molecule has 0 bridgehead atoms. The normalized spacial score (nSPS) is 15.3. The molecule has 4 rings (SSSR count). The summed E-state index contributed by atoms with van der Waals surface area (Å²) in [5.74, 6) is 0.941. The van der Waals surface area contributed by atoms with Crippen LogP contribution in [0.25, 0.3) is 6.08 Å². The molecule has 0 spiro atoms.